The zero-order valence-corrected chi connectivity index (χ0v) is 9.97. The molecule has 0 fully saturated rings. The molecular weight excluding hydrogens is 234 g/mol. The summed E-state index contributed by atoms with van der Waals surface area (Å²) in [6.07, 6.45) is 1.38. The van der Waals surface area contributed by atoms with Crippen molar-refractivity contribution in [3.8, 4) is 6.07 Å². The minimum Gasteiger partial charge on any atom is -0.465 e. The Balaban J connectivity index is 2.99. The van der Waals surface area contributed by atoms with Gasteiger partial charge in [-0.3, -0.25) is 0 Å². The monoisotopic (exact) mass is 245 g/mol. The summed E-state index contributed by atoms with van der Waals surface area (Å²) >= 11 is 0. The average Bonchev–Trinajstić information content (AvgIpc) is 2.43. The van der Waals surface area contributed by atoms with Crippen molar-refractivity contribution in [2.24, 2.45) is 0 Å². The SMILES string of the molecule is COC(=O)/C(C#N)=C\c1ccc(C(=O)OC)cc1. The van der Waals surface area contributed by atoms with Gasteiger partial charge >= 0.3 is 11.9 Å². The molecule has 5 nitrogen and oxygen atoms in total. The molecule has 0 N–H and O–H groups in total. The molecule has 1 aromatic carbocycles. The number of esters is 2. The minimum absolute atomic E-state index is 0.108. The zero-order valence-electron chi connectivity index (χ0n) is 9.97. The maximum atomic E-state index is 11.2. The van der Waals surface area contributed by atoms with Gasteiger partial charge in [-0.05, 0) is 23.8 Å². The third-order valence-corrected chi connectivity index (χ3v) is 2.17. The van der Waals surface area contributed by atoms with Crippen LogP contribution in [0.4, 0.5) is 0 Å². The summed E-state index contributed by atoms with van der Waals surface area (Å²) in [4.78, 5) is 22.4. The van der Waals surface area contributed by atoms with Crippen LogP contribution in [0.3, 0.4) is 0 Å². The van der Waals surface area contributed by atoms with Gasteiger partial charge in [0.1, 0.15) is 11.6 Å². The summed E-state index contributed by atoms with van der Waals surface area (Å²) in [6.45, 7) is 0. The Kier molecular flexibility index (Phi) is 4.64. The first kappa shape index (κ1) is 13.5. The third-order valence-electron chi connectivity index (χ3n) is 2.17. The topological polar surface area (TPSA) is 76.4 Å². The van der Waals surface area contributed by atoms with Gasteiger partial charge in [-0.2, -0.15) is 5.26 Å². The summed E-state index contributed by atoms with van der Waals surface area (Å²) in [5, 5.41) is 8.78. The first-order chi connectivity index (χ1) is 8.62. The first-order valence-corrected chi connectivity index (χ1v) is 5.01. The molecule has 92 valence electrons. The van der Waals surface area contributed by atoms with E-state index < -0.39 is 11.9 Å². The second-order valence-corrected chi connectivity index (χ2v) is 3.27. The molecule has 0 aliphatic heterocycles. The standard InChI is InChI=1S/C13H11NO4/c1-17-12(15)10-5-3-9(4-6-10)7-11(8-14)13(16)18-2/h3-7H,1-2H3/b11-7-. The number of nitrogens with zero attached hydrogens (tertiary/aromatic N) is 1. The molecular formula is C13H11NO4. The van der Waals surface area contributed by atoms with Crippen LogP contribution in [0, 0.1) is 11.3 Å². The van der Waals surface area contributed by atoms with Crippen molar-refractivity contribution in [2.45, 2.75) is 0 Å². The fourth-order valence-corrected chi connectivity index (χ4v) is 1.25. The van der Waals surface area contributed by atoms with Gasteiger partial charge in [0.25, 0.3) is 0 Å². The Morgan fingerprint density at radius 1 is 1.17 bits per heavy atom. The van der Waals surface area contributed by atoms with Crippen LogP contribution in [-0.2, 0) is 14.3 Å². The van der Waals surface area contributed by atoms with Crippen LogP contribution in [-0.4, -0.2) is 26.2 Å². The molecule has 0 heterocycles. The Labute approximate surface area is 104 Å². The lowest BCUT2D eigenvalue weighted by Gasteiger charge is -2.00. The minimum atomic E-state index is -0.699. The number of methoxy groups -OCH3 is 2. The van der Waals surface area contributed by atoms with Gasteiger partial charge in [-0.15, -0.1) is 0 Å². The number of benzene rings is 1. The highest BCUT2D eigenvalue weighted by molar-refractivity contribution is 5.98. The van der Waals surface area contributed by atoms with E-state index in [1.807, 2.05) is 0 Å². The number of hydrogen-bond acceptors (Lipinski definition) is 5. The van der Waals surface area contributed by atoms with Crippen LogP contribution in [0.1, 0.15) is 15.9 Å². The van der Waals surface area contributed by atoms with Gasteiger partial charge < -0.3 is 9.47 Å². The fraction of sp³-hybridized carbons (Fsp3) is 0.154. The van der Waals surface area contributed by atoms with Crippen LogP contribution in [0.2, 0.25) is 0 Å². The van der Waals surface area contributed by atoms with E-state index in [-0.39, 0.29) is 5.57 Å². The fourth-order valence-electron chi connectivity index (χ4n) is 1.25. The molecule has 18 heavy (non-hydrogen) atoms. The van der Waals surface area contributed by atoms with E-state index in [1.54, 1.807) is 30.3 Å². The quantitative estimate of drug-likeness (QED) is 0.458. The van der Waals surface area contributed by atoms with E-state index >= 15 is 0 Å². The number of nitriles is 1. The summed E-state index contributed by atoms with van der Waals surface area (Å²) in [7, 11) is 2.50. The Morgan fingerprint density at radius 3 is 2.22 bits per heavy atom. The van der Waals surface area contributed by atoms with E-state index in [9.17, 15) is 9.59 Å². The molecule has 5 heteroatoms. The van der Waals surface area contributed by atoms with Crippen LogP contribution in [0.25, 0.3) is 6.08 Å². The molecule has 0 aliphatic carbocycles. The predicted octanol–water partition coefficient (Wildman–Crippen LogP) is 1.55. The lowest BCUT2D eigenvalue weighted by Crippen LogP contribution is -2.03. The van der Waals surface area contributed by atoms with Gasteiger partial charge in [-0.1, -0.05) is 12.1 Å². The van der Waals surface area contributed by atoms with Gasteiger partial charge in [0, 0.05) is 0 Å². The molecule has 1 aromatic rings. The highest BCUT2D eigenvalue weighted by atomic mass is 16.5. The normalized spacial score (nSPS) is 10.4. The second kappa shape index (κ2) is 6.21. The summed E-state index contributed by atoms with van der Waals surface area (Å²) in [6, 6.07) is 8.04. The Morgan fingerprint density at radius 2 is 1.78 bits per heavy atom. The summed E-state index contributed by atoms with van der Waals surface area (Å²) in [5.74, 6) is -1.14. The van der Waals surface area contributed by atoms with Crippen molar-refractivity contribution in [1.29, 1.82) is 5.26 Å². The number of carbonyl (C=O) groups is 2. The molecule has 0 saturated heterocycles. The van der Waals surface area contributed by atoms with Crippen LogP contribution < -0.4 is 0 Å². The lowest BCUT2D eigenvalue weighted by molar-refractivity contribution is -0.135. The van der Waals surface area contributed by atoms with Crippen LogP contribution >= 0.6 is 0 Å². The van der Waals surface area contributed by atoms with Gasteiger partial charge in [0.05, 0.1) is 19.8 Å². The molecule has 1 rings (SSSR count). The van der Waals surface area contributed by atoms with Crippen molar-refractivity contribution < 1.29 is 19.1 Å². The molecule has 0 unspecified atom stereocenters. The maximum Gasteiger partial charge on any atom is 0.348 e. The number of hydrogen-bond donors (Lipinski definition) is 0. The van der Waals surface area contributed by atoms with Gasteiger partial charge in [-0.25, -0.2) is 9.59 Å². The van der Waals surface area contributed by atoms with Crippen molar-refractivity contribution >= 4 is 18.0 Å². The smallest absolute Gasteiger partial charge is 0.348 e. The van der Waals surface area contributed by atoms with Crippen LogP contribution in [0.5, 0.6) is 0 Å². The number of ether oxygens (including phenoxy) is 2. The highest BCUT2D eigenvalue weighted by Crippen LogP contribution is 2.10. The molecule has 0 radical (unpaired) electrons. The van der Waals surface area contributed by atoms with E-state index in [0.29, 0.717) is 11.1 Å². The third kappa shape index (κ3) is 3.19. The largest absolute Gasteiger partial charge is 0.465 e. The molecule has 0 bridgehead atoms. The van der Waals surface area contributed by atoms with E-state index in [2.05, 4.69) is 9.47 Å². The van der Waals surface area contributed by atoms with Gasteiger partial charge in [0.15, 0.2) is 0 Å². The maximum absolute atomic E-state index is 11.2. The van der Waals surface area contributed by atoms with E-state index in [1.165, 1.54) is 20.3 Å². The second-order valence-electron chi connectivity index (χ2n) is 3.27. The lowest BCUT2D eigenvalue weighted by atomic mass is 10.1. The summed E-state index contributed by atoms with van der Waals surface area (Å²) in [5.41, 5.74) is 0.902. The Hall–Kier alpha value is -2.61. The van der Waals surface area contributed by atoms with Crippen LogP contribution in [0.15, 0.2) is 29.8 Å². The van der Waals surface area contributed by atoms with E-state index in [4.69, 9.17) is 5.26 Å². The number of carbonyl (C=O) groups excluding carboxylic acids is 2. The highest BCUT2D eigenvalue weighted by Gasteiger charge is 2.09. The molecule has 0 saturated carbocycles. The molecule has 0 amide bonds. The Bertz CT molecular complexity index is 523. The van der Waals surface area contributed by atoms with Crippen molar-refractivity contribution in [2.75, 3.05) is 14.2 Å². The first-order valence-electron chi connectivity index (χ1n) is 5.01. The molecule has 0 spiro atoms. The average molecular weight is 245 g/mol. The predicted molar refractivity (Wildman–Crippen MR) is 63.4 cm³/mol. The molecule has 0 atom stereocenters. The van der Waals surface area contributed by atoms with Crippen molar-refractivity contribution in [3.05, 3.63) is 41.0 Å². The molecule has 0 aliphatic rings. The van der Waals surface area contributed by atoms with E-state index in [0.717, 1.165) is 0 Å². The molecule has 0 aromatic heterocycles. The van der Waals surface area contributed by atoms with Crippen molar-refractivity contribution in [3.63, 3.8) is 0 Å². The van der Waals surface area contributed by atoms with Gasteiger partial charge in [0.2, 0.25) is 0 Å². The summed E-state index contributed by atoms with van der Waals surface area (Å²) < 4.78 is 9.00. The zero-order chi connectivity index (χ0) is 13.5. The van der Waals surface area contributed by atoms with Crippen molar-refractivity contribution in [1.82, 2.24) is 0 Å². The number of rotatable bonds is 3.